The first kappa shape index (κ1) is 11.9. The van der Waals surface area contributed by atoms with Crippen molar-refractivity contribution in [3.05, 3.63) is 0 Å². The van der Waals surface area contributed by atoms with Gasteiger partial charge < -0.3 is 4.74 Å². The van der Waals surface area contributed by atoms with Crippen molar-refractivity contribution in [3.63, 3.8) is 0 Å². The summed E-state index contributed by atoms with van der Waals surface area (Å²) in [6, 6.07) is 0. The Morgan fingerprint density at radius 3 is 2.36 bits per heavy atom. The van der Waals surface area contributed by atoms with E-state index >= 15 is 0 Å². The Kier molecular flexibility index (Phi) is 3.17. The van der Waals surface area contributed by atoms with E-state index in [1.807, 2.05) is 13.8 Å². The van der Waals surface area contributed by atoms with Gasteiger partial charge in [0.25, 0.3) is 5.92 Å². The molecule has 0 aromatic heterocycles. The van der Waals surface area contributed by atoms with Gasteiger partial charge in [0.05, 0.1) is 12.7 Å². The van der Waals surface area contributed by atoms with Crippen molar-refractivity contribution in [1.82, 2.24) is 4.90 Å². The van der Waals surface area contributed by atoms with Crippen molar-refractivity contribution in [1.29, 1.82) is 0 Å². The fourth-order valence-electron chi connectivity index (χ4n) is 1.65. The molecular weight excluding hydrogens is 188 g/mol. The minimum absolute atomic E-state index is 0.00313. The second-order valence-electron chi connectivity index (χ2n) is 4.51. The molecule has 1 aliphatic rings. The van der Waals surface area contributed by atoms with Crippen LogP contribution in [0, 0.1) is 0 Å². The number of likely N-dealkylation sites (tertiary alicyclic amines) is 1. The second-order valence-corrected chi connectivity index (χ2v) is 4.51. The SMILES string of the molecule is CC(C)OCC1(C)N(C)CCC1(F)F. The van der Waals surface area contributed by atoms with E-state index < -0.39 is 11.5 Å². The lowest BCUT2D eigenvalue weighted by Crippen LogP contribution is -2.53. The van der Waals surface area contributed by atoms with Crippen LogP contribution in [0.5, 0.6) is 0 Å². The van der Waals surface area contributed by atoms with Crippen LogP contribution in [0.1, 0.15) is 27.2 Å². The first-order valence-corrected chi connectivity index (χ1v) is 5.00. The van der Waals surface area contributed by atoms with Crippen LogP contribution in [-0.4, -0.2) is 42.7 Å². The van der Waals surface area contributed by atoms with Crippen LogP contribution in [0.2, 0.25) is 0 Å². The van der Waals surface area contributed by atoms with Crippen LogP contribution >= 0.6 is 0 Å². The van der Waals surface area contributed by atoms with Gasteiger partial charge in [-0.05, 0) is 27.8 Å². The molecule has 1 aliphatic heterocycles. The molecule has 1 atom stereocenters. The van der Waals surface area contributed by atoms with Crippen molar-refractivity contribution >= 4 is 0 Å². The first-order valence-electron chi connectivity index (χ1n) is 5.00. The van der Waals surface area contributed by atoms with Gasteiger partial charge in [-0.15, -0.1) is 0 Å². The van der Waals surface area contributed by atoms with Crippen molar-refractivity contribution in [2.45, 2.75) is 44.8 Å². The molecule has 4 heteroatoms. The average Bonchev–Trinajstić information content (AvgIpc) is 2.27. The van der Waals surface area contributed by atoms with Crippen LogP contribution in [-0.2, 0) is 4.74 Å². The van der Waals surface area contributed by atoms with Crippen LogP contribution in [0.15, 0.2) is 0 Å². The standard InChI is InChI=1S/C10H19F2NO/c1-8(2)14-7-9(3)10(11,12)5-6-13(9)4/h8H,5-7H2,1-4H3. The van der Waals surface area contributed by atoms with Crippen molar-refractivity contribution in [2.75, 3.05) is 20.2 Å². The normalized spacial score (nSPS) is 32.8. The van der Waals surface area contributed by atoms with E-state index in [-0.39, 0.29) is 19.1 Å². The Morgan fingerprint density at radius 2 is 2.00 bits per heavy atom. The molecule has 1 heterocycles. The molecule has 0 radical (unpaired) electrons. The van der Waals surface area contributed by atoms with E-state index in [1.165, 1.54) is 0 Å². The van der Waals surface area contributed by atoms with Crippen molar-refractivity contribution in [3.8, 4) is 0 Å². The molecule has 1 fully saturated rings. The Bertz CT molecular complexity index is 208. The molecule has 0 aromatic rings. The minimum Gasteiger partial charge on any atom is -0.377 e. The number of alkyl halides is 2. The van der Waals surface area contributed by atoms with E-state index in [9.17, 15) is 8.78 Å². The summed E-state index contributed by atoms with van der Waals surface area (Å²) < 4.78 is 32.5. The number of ether oxygens (including phenoxy) is 1. The van der Waals surface area contributed by atoms with Crippen LogP contribution in [0.25, 0.3) is 0 Å². The summed E-state index contributed by atoms with van der Waals surface area (Å²) in [6.07, 6.45) is -0.0711. The second kappa shape index (κ2) is 3.74. The van der Waals surface area contributed by atoms with E-state index in [0.717, 1.165) is 0 Å². The molecular formula is C10H19F2NO. The third kappa shape index (κ3) is 1.91. The largest absolute Gasteiger partial charge is 0.377 e. The maximum absolute atomic E-state index is 13.6. The zero-order valence-corrected chi connectivity index (χ0v) is 9.31. The molecule has 1 unspecified atom stereocenters. The molecule has 0 bridgehead atoms. The molecule has 1 rings (SSSR count). The third-order valence-electron chi connectivity index (χ3n) is 3.09. The van der Waals surface area contributed by atoms with E-state index in [0.29, 0.717) is 6.54 Å². The van der Waals surface area contributed by atoms with Crippen LogP contribution in [0.3, 0.4) is 0 Å². The average molecular weight is 207 g/mol. The van der Waals surface area contributed by atoms with E-state index in [1.54, 1.807) is 18.9 Å². The topological polar surface area (TPSA) is 12.5 Å². The third-order valence-corrected chi connectivity index (χ3v) is 3.09. The van der Waals surface area contributed by atoms with Crippen LogP contribution < -0.4 is 0 Å². The fraction of sp³-hybridized carbons (Fsp3) is 1.00. The summed E-state index contributed by atoms with van der Waals surface area (Å²) in [5.74, 6) is -2.64. The number of likely N-dealkylation sites (N-methyl/N-ethyl adjacent to an activating group) is 1. The van der Waals surface area contributed by atoms with Gasteiger partial charge in [0.1, 0.15) is 5.54 Å². The summed E-state index contributed by atoms with van der Waals surface area (Å²) in [4.78, 5) is 1.69. The zero-order chi connectivity index (χ0) is 11.0. The maximum Gasteiger partial charge on any atom is 0.269 e. The molecule has 1 saturated heterocycles. The molecule has 14 heavy (non-hydrogen) atoms. The molecule has 0 amide bonds. The maximum atomic E-state index is 13.6. The van der Waals surface area contributed by atoms with E-state index in [2.05, 4.69) is 0 Å². The molecule has 84 valence electrons. The predicted octanol–water partition coefficient (Wildman–Crippen LogP) is 2.14. The highest BCUT2D eigenvalue weighted by atomic mass is 19.3. The quantitative estimate of drug-likeness (QED) is 0.703. The van der Waals surface area contributed by atoms with Crippen molar-refractivity contribution < 1.29 is 13.5 Å². The Balaban J connectivity index is 2.69. The van der Waals surface area contributed by atoms with Gasteiger partial charge in [0.15, 0.2) is 0 Å². The Hall–Kier alpha value is -0.220. The van der Waals surface area contributed by atoms with Gasteiger partial charge in [-0.1, -0.05) is 0 Å². The monoisotopic (exact) mass is 207 g/mol. The Morgan fingerprint density at radius 1 is 1.43 bits per heavy atom. The minimum atomic E-state index is -2.64. The number of rotatable bonds is 3. The lowest BCUT2D eigenvalue weighted by molar-refractivity contribution is -0.122. The highest BCUT2D eigenvalue weighted by Gasteiger charge is 2.57. The van der Waals surface area contributed by atoms with Crippen molar-refractivity contribution in [2.24, 2.45) is 0 Å². The lowest BCUT2D eigenvalue weighted by atomic mass is 9.96. The first-order chi connectivity index (χ1) is 6.29. The molecule has 0 aliphatic carbocycles. The summed E-state index contributed by atoms with van der Waals surface area (Å²) in [5.41, 5.74) is -1.14. The smallest absolute Gasteiger partial charge is 0.269 e. The fourth-order valence-corrected chi connectivity index (χ4v) is 1.65. The highest BCUT2D eigenvalue weighted by Crippen LogP contribution is 2.42. The number of hydrogen-bond acceptors (Lipinski definition) is 2. The summed E-state index contributed by atoms with van der Waals surface area (Å²) in [6.45, 7) is 5.81. The highest BCUT2D eigenvalue weighted by molar-refractivity contribution is 5.03. The van der Waals surface area contributed by atoms with Crippen LogP contribution in [0.4, 0.5) is 8.78 Å². The van der Waals surface area contributed by atoms with Gasteiger partial charge in [-0.2, -0.15) is 0 Å². The number of halogens is 2. The molecule has 0 saturated carbocycles. The molecule has 2 nitrogen and oxygen atoms in total. The predicted molar refractivity (Wildman–Crippen MR) is 51.7 cm³/mol. The van der Waals surface area contributed by atoms with Gasteiger partial charge in [0.2, 0.25) is 0 Å². The van der Waals surface area contributed by atoms with Gasteiger partial charge >= 0.3 is 0 Å². The summed E-state index contributed by atoms with van der Waals surface area (Å²) in [7, 11) is 1.73. The summed E-state index contributed by atoms with van der Waals surface area (Å²) >= 11 is 0. The lowest BCUT2D eigenvalue weighted by Gasteiger charge is -2.36. The van der Waals surface area contributed by atoms with Gasteiger partial charge in [-0.3, -0.25) is 4.90 Å². The molecule has 0 aromatic carbocycles. The summed E-state index contributed by atoms with van der Waals surface area (Å²) in [5, 5.41) is 0. The van der Waals surface area contributed by atoms with E-state index in [4.69, 9.17) is 4.74 Å². The molecule has 0 spiro atoms. The zero-order valence-electron chi connectivity index (χ0n) is 9.31. The van der Waals surface area contributed by atoms with Gasteiger partial charge in [0, 0.05) is 13.0 Å². The van der Waals surface area contributed by atoms with Gasteiger partial charge in [-0.25, -0.2) is 8.78 Å². The number of hydrogen-bond donors (Lipinski definition) is 0. The molecule has 0 N–H and O–H groups in total. The Labute approximate surface area is 84.2 Å². The number of nitrogens with zero attached hydrogens (tertiary/aromatic N) is 1.